The van der Waals surface area contributed by atoms with Gasteiger partial charge in [-0.05, 0) is 44.4 Å². The van der Waals surface area contributed by atoms with Gasteiger partial charge in [0.15, 0.2) is 0 Å². The molecule has 4 heteroatoms. The molecule has 1 heterocycles. The first-order valence-corrected chi connectivity index (χ1v) is 8.06. The van der Waals surface area contributed by atoms with Crippen molar-refractivity contribution in [3.63, 3.8) is 0 Å². The molecule has 2 aliphatic rings. The van der Waals surface area contributed by atoms with E-state index in [-0.39, 0.29) is 23.9 Å². The number of carbonyl (C=O) groups is 2. The number of likely N-dealkylation sites (tertiary alicyclic amines) is 1. The average Bonchev–Trinajstić information content (AvgIpc) is 2.68. The maximum Gasteiger partial charge on any atom is 0.247 e. The number of carbonyl (C=O) groups excluding carboxylic acids is 2. The van der Waals surface area contributed by atoms with E-state index in [1.165, 1.54) is 11.3 Å². The molecule has 0 bridgehead atoms. The van der Waals surface area contributed by atoms with Crippen LogP contribution in [0.5, 0.6) is 0 Å². The monoisotopic (exact) mass is 280 g/mol. The summed E-state index contributed by atoms with van der Waals surface area (Å²) in [7, 11) is 0. The van der Waals surface area contributed by atoms with E-state index in [2.05, 4.69) is 19.2 Å². The summed E-state index contributed by atoms with van der Waals surface area (Å²) >= 11 is 0. The molecule has 1 aliphatic carbocycles. The van der Waals surface area contributed by atoms with Gasteiger partial charge in [-0.15, -0.1) is 0 Å². The van der Waals surface area contributed by atoms with Crippen molar-refractivity contribution in [1.82, 2.24) is 10.2 Å². The molecule has 1 aliphatic heterocycles. The van der Waals surface area contributed by atoms with Crippen LogP contribution in [-0.2, 0) is 9.59 Å². The molecule has 0 radical (unpaired) electrons. The Balaban J connectivity index is 1.94. The van der Waals surface area contributed by atoms with E-state index in [0.717, 1.165) is 25.2 Å². The number of hydrogen-bond donors (Lipinski definition) is 1. The van der Waals surface area contributed by atoms with Crippen molar-refractivity contribution in [2.45, 2.75) is 77.9 Å². The van der Waals surface area contributed by atoms with Crippen LogP contribution in [0.2, 0.25) is 0 Å². The predicted octanol–water partition coefficient (Wildman–Crippen LogP) is 2.33. The number of amides is 2. The van der Waals surface area contributed by atoms with Gasteiger partial charge >= 0.3 is 0 Å². The van der Waals surface area contributed by atoms with Crippen LogP contribution >= 0.6 is 0 Å². The fourth-order valence-corrected chi connectivity index (χ4v) is 3.41. The zero-order valence-electron chi connectivity index (χ0n) is 13.2. The third-order valence-corrected chi connectivity index (χ3v) is 5.25. The SMILES string of the molecule is CCC(C)N1C(=O)CC(NC2CCC(C)C(C)C2)C1=O. The van der Waals surface area contributed by atoms with E-state index in [9.17, 15) is 9.59 Å². The smallest absolute Gasteiger partial charge is 0.247 e. The molecule has 0 aromatic rings. The Morgan fingerprint density at radius 1 is 1.25 bits per heavy atom. The highest BCUT2D eigenvalue weighted by atomic mass is 16.2. The normalized spacial score (nSPS) is 36.5. The van der Waals surface area contributed by atoms with Crippen molar-refractivity contribution >= 4 is 11.8 Å². The van der Waals surface area contributed by atoms with Crippen molar-refractivity contribution in [1.29, 1.82) is 0 Å². The van der Waals surface area contributed by atoms with Gasteiger partial charge < -0.3 is 5.32 Å². The van der Waals surface area contributed by atoms with Crippen LogP contribution in [0, 0.1) is 11.8 Å². The standard InChI is InChI=1S/C16H28N2O2/c1-5-12(4)18-15(19)9-14(16(18)20)17-13-7-6-10(2)11(3)8-13/h10-14,17H,5-9H2,1-4H3. The zero-order chi connectivity index (χ0) is 14.9. The topological polar surface area (TPSA) is 49.4 Å². The van der Waals surface area contributed by atoms with E-state index >= 15 is 0 Å². The molecule has 5 atom stereocenters. The van der Waals surface area contributed by atoms with Crippen LogP contribution < -0.4 is 5.32 Å². The summed E-state index contributed by atoms with van der Waals surface area (Å²) in [4.78, 5) is 25.9. The van der Waals surface area contributed by atoms with E-state index in [4.69, 9.17) is 0 Å². The minimum atomic E-state index is -0.290. The maximum absolute atomic E-state index is 12.4. The molecule has 2 amide bonds. The second kappa shape index (κ2) is 6.25. The second-order valence-electron chi connectivity index (χ2n) is 6.75. The molecule has 20 heavy (non-hydrogen) atoms. The highest BCUT2D eigenvalue weighted by Gasteiger charge is 2.41. The Morgan fingerprint density at radius 2 is 1.95 bits per heavy atom. The van der Waals surface area contributed by atoms with Crippen molar-refractivity contribution in [2.75, 3.05) is 0 Å². The van der Waals surface area contributed by atoms with E-state index in [0.29, 0.717) is 18.4 Å². The van der Waals surface area contributed by atoms with Gasteiger partial charge in [-0.2, -0.15) is 0 Å². The summed E-state index contributed by atoms with van der Waals surface area (Å²) in [5.41, 5.74) is 0. The molecule has 5 unspecified atom stereocenters. The number of hydrogen-bond acceptors (Lipinski definition) is 3. The van der Waals surface area contributed by atoms with E-state index in [1.54, 1.807) is 0 Å². The van der Waals surface area contributed by atoms with Gasteiger partial charge in [-0.1, -0.05) is 20.8 Å². The number of rotatable bonds is 4. The Hall–Kier alpha value is -0.900. The van der Waals surface area contributed by atoms with Gasteiger partial charge in [-0.3, -0.25) is 14.5 Å². The number of nitrogens with zero attached hydrogens (tertiary/aromatic N) is 1. The van der Waals surface area contributed by atoms with E-state index in [1.807, 2.05) is 13.8 Å². The molecular weight excluding hydrogens is 252 g/mol. The summed E-state index contributed by atoms with van der Waals surface area (Å²) in [6.07, 6.45) is 4.60. The lowest BCUT2D eigenvalue weighted by Gasteiger charge is -2.34. The number of nitrogens with one attached hydrogen (secondary N) is 1. The Labute approximate surface area is 122 Å². The molecule has 1 N–H and O–H groups in total. The van der Waals surface area contributed by atoms with Gasteiger partial charge in [0.1, 0.15) is 0 Å². The van der Waals surface area contributed by atoms with Gasteiger partial charge in [0.2, 0.25) is 11.8 Å². The lowest BCUT2D eigenvalue weighted by atomic mass is 9.79. The minimum Gasteiger partial charge on any atom is -0.303 e. The summed E-state index contributed by atoms with van der Waals surface area (Å²) in [5, 5.41) is 3.45. The highest BCUT2D eigenvalue weighted by Crippen LogP contribution is 2.30. The maximum atomic E-state index is 12.4. The molecular formula is C16H28N2O2. The predicted molar refractivity (Wildman–Crippen MR) is 79.1 cm³/mol. The van der Waals surface area contributed by atoms with Crippen LogP contribution in [0.4, 0.5) is 0 Å². The zero-order valence-corrected chi connectivity index (χ0v) is 13.2. The Morgan fingerprint density at radius 3 is 2.55 bits per heavy atom. The molecule has 114 valence electrons. The summed E-state index contributed by atoms with van der Waals surface area (Å²) in [5.74, 6) is 1.43. The largest absolute Gasteiger partial charge is 0.303 e. The molecule has 1 saturated carbocycles. The molecule has 0 aromatic heterocycles. The quantitative estimate of drug-likeness (QED) is 0.804. The van der Waals surface area contributed by atoms with Crippen LogP contribution in [0.15, 0.2) is 0 Å². The van der Waals surface area contributed by atoms with Gasteiger partial charge in [0.05, 0.1) is 12.5 Å². The first-order valence-electron chi connectivity index (χ1n) is 8.06. The van der Waals surface area contributed by atoms with Crippen LogP contribution in [0.3, 0.4) is 0 Å². The fraction of sp³-hybridized carbons (Fsp3) is 0.875. The van der Waals surface area contributed by atoms with Gasteiger partial charge in [0, 0.05) is 12.1 Å². The molecule has 1 saturated heterocycles. The molecule has 0 aromatic carbocycles. The van der Waals surface area contributed by atoms with Gasteiger partial charge in [-0.25, -0.2) is 0 Å². The van der Waals surface area contributed by atoms with Crippen molar-refractivity contribution in [3.8, 4) is 0 Å². The Bertz CT molecular complexity index is 383. The molecule has 2 fully saturated rings. The minimum absolute atomic E-state index is 0.0147. The van der Waals surface area contributed by atoms with Crippen molar-refractivity contribution in [2.24, 2.45) is 11.8 Å². The summed E-state index contributed by atoms with van der Waals surface area (Å²) in [6, 6.07) is 0.119. The first-order chi connectivity index (χ1) is 9.43. The summed E-state index contributed by atoms with van der Waals surface area (Å²) in [6.45, 7) is 8.54. The second-order valence-corrected chi connectivity index (χ2v) is 6.75. The molecule has 0 spiro atoms. The molecule has 2 rings (SSSR count). The third-order valence-electron chi connectivity index (χ3n) is 5.25. The Kier molecular flexibility index (Phi) is 4.84. The lowest BCUT2D eigenvalue weighted by Crippen LogP contribution is -2.47. The third kappa shape index (κ3) is 3.05. The first kappa shape index (κ1) is 15.5. The van der Waals surface area contributed by atoms with Crippen LogP contribution in [0.1, 0.15) is 59.8 Å². The van der Waals surface area contributed by atoms with Gasteiger partial charge in [0.25, 0.3) is 0 Å². The van der Waals surface area contributed by atoms with Crippen LogP contribution in [-0.4, -0.2) is 34.8 Å². The van der Waals surface area contributed by atoms with E-state index < -0.39 is 0 Å². The van der Waals surface area contributed by atoms with Crippen molar-refractivity contribution in [3.05, 3.63) is 0 Å². The van der Waals surface area contributed by atoms with Crippen molar-refractivity contribution < 1.29 is 9.59 Å². The lowest BCUT2D eigenvalue weighted by molar-refractivity contribution is -0.141. The summed E-state index contributed by atoms with van der Waals surface area (Å²) < 4.78 is 0. The fourth-order valence-electron chi connectivity index (χ4n) is 3.41. The van der Waals surface area contributed by atoms with Crippen LogP contribution in [0.25, 0.3) is 0 Å². The highest BCUT2D eigenvalue weighted by molar-refractivity contribution is 6.05. The molecule has 4 nitrogen and oxygen atoms in total. The average molecular weight is 280 g/mol. The number of imide groups is 1.